The minimum absolute atomic E-state index is 0. The second-order valence-electron chi connectivity index (χ2n) is 14.2. The Morgan fingerprint density at radius 2 is 1.09 bits per heavy atom. The summed E-state index contributed by atoms with van der Waals surface area (Å²) in [5, 5.41) is 18.2. The van der Waals surface area contributed by atoms with Crippen LogP contribution < -0.4 is 17.2 Å². The highest BCUT2D eigenvalue weighted by molar-refractivity contribution is 9.09. The fourth-order valence-corrected chi connectivity index (χ4v) is 5.32. The van der Waals surface area contributed by atoms with Crippen LogP contribution in [0.15, 0.2) is 77.8 Å². The van der Waals surface area contributed by atoms with E-state index in [1.54, 1.807) is 69.3 Å². The fraction of sp³-hybridized carbons (Fsp3) is 0.325. The van der Waals surface area contributed by atoms with Crippen molar-refractivity contribution in [1.82, 2.24) is 19.6 Å². The SMILES string of the molecule is C.CC(C)(C)OC(=O)CBr.CC(C)(C)OC(=O)Cn1nc(C(N)=O)c2ccccc21.NC(=O)C1=NCc2ccccc21.NC(=O)c1nn(CC(=O)O)c2ccccc12.S.S=S.S=S=S. The maximum absolute atomic E-state index is 11.9. The molecule has 17 nitrogen and oxygen atoms in total. The highest BCUT2D eigenvalue weighted by Gasteiger charge is 2.21. The first-order valence-electron chi connectivity index (χ1n) is 17.8. The van der Waals surface area contributed by atoms with Gasteiger partial charge in [0.05, 0.1) is 17.6 Å². The van der Waals surface area contributed by atoms with Gasteiger partial charge in [-0.15, -0.1) is 0 Å². The molecule has 0 radical (unpaired) electrons. The Kier molecular flexibility index (Phi) is 28.1. The molecule has 0 bridgehead atoms. The number of aliphatic imine (C=N–C) groups is 1. The first-order valence-corrected chi connectivity index (χ1v) is 22.9. The van der Waals surface area contributed by atoms with Crippen LogP contribution in [0.5, 0.6) is 0 Å². The number of aliphatic carboxylic acids is 1. The number of carboxylic acids is 1. The number of fused-ring (bicyclic) bond motifs is 3. The molecule has 348 valence electrons. The van der Waals surface area contributed by atoms with Gasteiger partial charge in [0.2, 0.25) is 0 Å². The van der Waals surface area contributed by atoms with Gasteiger partial charge >= 0.3 is 17.9 Å². The number of primary amides is 3. The summed E-state index contributed by atoms with van der Waals surface area (Å²) >= 11 is 18.6. The molecule has 0 saturated carbocycles. The van der Waals surface area contributed by atoms with Crippen LogP contribution in [0.1, 0.15) is 81.1 Å². The number of benzene rings is 3. The molecule has 3 aromatic carbocycles. The van der Waals surface area contributed by atoms with Gasteiger partial charge in [-0.1, -0.05) is 84.0 Å². The summed E-state index contributed by atoms with van der Waals surface area (Å²) in [4.78, 5) is 70.4. The van der Waals surface area contributed by atoms with Crippen molar-refractivity contribution in [3.63, 3.8) is 0 Å². The Hall–Kier alpha value is -4.98. The van der Waals surface area contributed by atoms with E-state index in [0.29, 0.717) is 34.1 Å². The molecular weight excluding hydrogens is 1010 g/mol. The highest BCUT2D eigenvalue weighted by Crippen LogP contribution is 2.20. The first-order chi connectivity index (χ1) is 29.0. The van der Waals surface area contributed by atoms with Gasteiger partial charge in [-0.05, 0) is 59.2 Å². The molecule has 64 heavy (non-hydrogen) atoms. The number of carbonyl (C=O) groups is 6. The number of nitrogens with two attached hydrogens (primary N) is 3. The van der Waals surface area contributed by atoms with Crippen LogP contribution >= 0.6 is 29.4 Å². The smallest absolute Gasteiger partial charge is 0.328 e. The quantitative estimate of drug-likeness (QED) is 0.122. The van der Waals surface area contributed by atoms with Crippen molar-refractivity contribution in [2.45, 2.75) is 79.8 Å². The molecule has 0 fully saturated rings. The molecule has 2 aromatic heterocycles. The van der Waals surface area contributed by atoms with E-state index in [1.165, 1.54) is 9.36 Å². The number of aromatic nitrogens is 4. The molecule has 1 aliphatic rings. The number of hydrogen-bond donors (Lipinski definition) is 4. The topological polar surface area (TPSA) is 267 Å². The number of carboxylic acid groups (broad SMARTS) is 1. The minimum Gasteiger partial charge on any atom is -0.480 e. The van der Waals surface area contributed by atoms with E-state index in [4.69, 9.17) is 31.8 Å². The van der Waals surface area contributed by atoms with Crippen LogP contribution in [-0.4, -0.2) is 82.5 Å². The fourth-order valence-electron chi connectivity index (χ4n) is 5.20. The van der Waals surface area contributed by atoms with Gasteiger partial charge in [-0.25, -0.2) is 0 Å². The lowest BCUT2D eigenvalue weighted by Gasteiger charge is -2.19. The number of para-hydroxylation sites is 2. The van der Waals surface area contributed by atoms with Crippen molar-refractivity contribution < 1.29 is 43.3 Å². The Bertz CT molecular complexity index is 2460. The molecule has 6 rings (SSSR count). The Labute approximate surface area is 409 Å². The standard InChI is InChI=1S/C14H17N3O3.C10H9N3O3.C9H8N2O.C6H11BrO2.CH4.S3.S2.H2S/c1-14(2,3)20-11(18)8-17-10-7-5-4-6-9(10)12(16-17)13(15)19;11-10(16)9-6-3-1-2-4-7(6)13(12-9)5-8(14)15;10-9(12)8-7-4-2-1-3-6(7)5-11-8;1-6(2,3)9-5(8)4-7;;1-3-2;1-2;/h4-7H,8H2,1-3H3,(H2,15,19);1-4H,5H2,(H2,11,16)(H,14,15);1-4H,5H2,(H2,10,12);4H2,1-3H3;1H4;;;1H2. The Morgan fingerprint density at radius 3 is 1.47 bits per heavy atom. The monoisotopic (exact) mass is 1060 g/mol. The summed E-state index contributed by atoms with van der Waals surface area (Å²) in [5.74, 6) is -3.39. The third-order valence-corrected chi connectivity index (χ3v) is 7.67. The first kappa shape index (κ1) is 61.1. The van der Waals surface area contributed by atoms with Crippen molar-refractivity contribution in [2.75, 3.05) is 5.33 Å². The normalized spacial score (nSPS) is 10.6. The molecule has 0 atom stereocenters. The van der Waals surface area contributed by atoms with Crippen LogP contribution in [0.2, 0.25) is 0 Å². The van der Waals surface area contributed by atoms with Crippen LogP contribution in [0, 0.1) is 0 Å². The molecule has 3 amide bonds. The van der Waals surface area contributed by atoms with E-state index in [2.05, 4.69) is 75.9 Å². The van der Waals surface area contributed by atoms with Gasteiger partial charge in [0.15, 0.2) is 11.4 Å². The number of ether oxygens (including phenoxy) is 2. The number of carbonyl (C=O) groups excluding carboxylic acids is 5. The number of halogens is 1. The number of amides is 3. The van der Waals surface area contributed by atoms with Crippen molar-refractivity contribution in [2.24, 2.45) is 22.2 Å². The third-order valence-electron chi connectivity index (χ3n) is 7.21. The van der Waals surface area contributed by atoms with Crippen LogP contribution in [-0.2, 0) is 102 Å². The average molecular weight is 1060 g/mol. The number of alkyl halides is 1. The summed E-state index contributed by atoms with van der Waals surface area (Å²) in [5.41, 5.74) is 18.5. The second kappa shape index (κ2) is 29.5. The summed E-state index contributed by atoms with van der Waals surface area (Å²) in [6, 6.07) is 21.6. The van der Waals surface area contributed by atoms with Crippen molar-refractivity contribution in [3.8, 4) is 0 Å². The summed E-state index contributed by atoms with van der Waals surface area (Å²) in [6.07, 6.45) is 0. The second-order valence-corrected chi connectivity index (χ2v) is 16.6. The molecule has 1 aliphatic heterocycles. The molecule has 0 aliphatic carbocycles. The van der Waals surface area contributed by atoms with Crippen LogP contribution in [0.3, 0.4) is 0 Å². The van der Waals surface area contributed by atoms with Gasteiger partial charge in [0.1, 0.15) is 35.3 Å². The highest BCUT2D eigenvalue weighted by atomic mass is 79.9. The van der Waals surface area contributed by atoms with E-state index in [9.17, 15) is 28.8 Å². The third kappa shape index (κ3) is 20.7. The van der Waals surface area contributed by atoms with Crippen molar-refractivity contribution >= 4 is 146 Å². The number of hydrogen-bond acceptors (Lipinski definition) is 15. The lowest BCUT2D eigenvalue weighted by atomic mass is 10.1. The van der Waals surface area contributed by atoms with E-state index in [1.807, 2.05) is 45.0 Å². The molecule has 0 spiro atoms. The van der Waals surface area contributed by atoms with Crippen molar-refractivity contribution in [3.05, 3.63) is 95.3 Å². The van der Waals surface area contributed by atoms with Crippen LogP contribution in [0.4, 0.5) is 0 Å². The zero-order chi connectivity index (χ0) is 47.4. The van der Waals surface area contributed by atoms with Gasteiger partial charge in [-0.3, -0.25) is 43.1 Å². The van der Waals surface area contributed by atoms with Crippen LogP contribution in [0.25, 0.3) is 21.8 Å². The Morgan fingerprint density at radius 1 is 0.703 bits per heavy atom. The Balaban J connectivity index is 0. The van der Waals surface area contributed by atoms with E-state index in [-0.39, 0.29) is 62.3 Å². The lowest BCUT2D eigenvalue weighted by Crippen LogP contribution is -2.27. The zero-order valence-electron chi connectivity index (χ0n) is 34.9. The summed E-state index contributed by atoms with van der Waals surface area (Å²) < 4.78 is 12.8. The maximum atomic E-state index is 11.9. The number of rotatable bonds is 8. The summed E-state index contributed by atoms with van der Waals surface area (Å²) in [6.45, 7) is 11.1. The summed E-state index contributed by atoms with van der Waals surface area (Å²) in [7, 11) is 0.917. The zero-order valence-corrected chi connectivity index (χ0v) is 41.5. The van der Waals surface area contributed by atoms with E-state index >= 15 is 0 Å². The number of nitrogens with zero attached hydrogens (tertiary/aromatic N) is 5. The van der Waals surface area contributed by atoms with E-state index in [0.717, 1.165) is 20.0 Å². The minimum atomic E-state index is -1.02. The predicted octanol–water partition coefficient (Wildman–Crippen LogP) is 4.63. The largest absolute Gasteiger partial charge is 0.480 e. The number of esters is 2. The molecule has 0 unspecified atom stereocenters. The maximum Gasteiger partial charge on any atom is 0.328 e. The molecule has 24 heteroatoms. The van der Waals surface area contributed by atoms with Crippen molar-refractivity contribution in [1.29, 1.82) is 0 Å². The predicted molar refractivity (Wildman–Crippen MR) is 269 cm³/mol. The average Bonchev–Trinajstić information content (AvgIpc) is 3.90. The lowest BCUT2D eigenvalue weighted by molar-refractivity contribution is -0.156. The van der Waals surface area contributed by atoms with Gasteiger partial charge in [-0.2, -0.15) is 23.7 Å². The van der Waals surface area contributed by atoms with Gasteiger partial charge < -0.3 is 31.8 Å². The molecule has 5 aromatic rings. The van der Waals surface area contributed by atoms with Gasteiger partial charge in [0, 0.05) is 70.0 Å². The molecule has 3 heterocycles. The molecule has 0 saturated heterocycles. The molecular formula is C40H51BrN8O9S6. The molecule has 7 N–H and O–H groups in total. The van der Waals surface area contributed by atoms with E-state index < -0.39 is 35.3 Å². The van der Waals surface area contributed by atoms with Gasteiger partial charge in [0.25, 0.3) is 17.7 Å².